The van der Waals surface area contributed by atoms with Crippen molar-refractivity contribution < 1.29 is 9.59 Å². The first-order chi connectivity index (χ1) is 11.2. The third kappa shape index (κ3) is 5.01. The van der Waals surface area contributed by atoms with Gasteiger partial charge >= 0.3 is 0 Å². The summed E-state index contributed by atoms with van der Waals surface area (Å²) in [5, 5.41) is 0. The van der Waals surface area contributed by atoms with Gasteiger partial charge in [0, 0.05) is 0 Å². The molecule has 0 aromatic heterocycles. The molecule has 0 bridgehead atoms. The number of hydrogen-bond acceptors (Lipinski definition) is 4. The maximum absolute atomic E-state index is 10.2. The smallest absolute Gasteiger partial charge is 0.211 e. The molecular weight excluding hydrogens is 288 g/mol. The molecule has 0 radical (unpaired) electrons. The van der Waals surface area contributed by atoms with Crippen LogP contribution in [0.4, 0.5) is 11.4 Å². The minimum absolute atomic E-state index is 0.592. The lowest BCUT2D eigenvalue weighted by molar-refractivity contribution is 0.564. The lowest BCUT2D eigenvalue weighted by Crippen LogP contribution is -1.88. The van der Waals surface area contributed by atoms with Gasteiger partial charge in [0.1, 0.15) is 0 Å². The highest BCUT2D eigenvalue weighted by molar-refractivity contribution is 5.65. The number of benzene rings is 2. The summed E-state index contributed by atoms with van der Waals surface area (Å²) < 4.78 is 0. The summed E-state index contributed by atoms with van der Waals surface area (Å²) in [6.45, 7) is 4.10. The fraction of sp³-hybridized carbons (Fsp3) is 0.158. The molecule has 0 saturated heterocycles. The first-order valence-corrected chi connectivity index (χ1v) is 7.26. The van der Waals surface area contributed by atoms with Crippen molar-refractivity contribution in [2.24, 2.45) is 9.98 Å². The Morgan fingerprint density at radius 1 is 0.870 bits per heavy atom. The molecule has 0 spiro atoms. The number of nitrogens with zero attached hydrogens (tertiary/aromatic N) is 2. The van der Waals surface area contributed by atoms with Crippen molar-refractivity contribution in [2.45, 2.75) is 19.3 Å². The molecule has 4 nitrogen and oxygen atoms in total. The Labute approximate surface area is 134 Å². The van der Waals surface area contributed by atoms with Crippen molar-refractivity contribution in [3.8, 4) is 0 Å². The minimum Gasteiger partial charge on any atom is -0.211 e. The van der Waals surface area contributed by atoms with Crippen LogP contribution in [0.2, 0.25) is 0 Å². The van der Waals surface area contributed by atoms with E-state index in [0.717, 1.165) is 30.4 Å². The molecule has 4 heteroatoms. The van der Waals surface area contributed by atoms with Crippen molar-refractivity contribution in [1.82, 2.24) is 0 Å². The van der Waals surface area contributed by atoms with Crippen LogP contribution in [0.15, 0.2) is 65.1 Å². The van der Waals surface area contributed by atoms with Crippen molar-refractivity contribution in [1.29, 1.82) is 0 Å². The number of hydrogen-bond donors (Lipinski definition) is 0. The Hall–Kier alpha value is -3.06. The van der Waals surface area contributed by atoms with E-state index in [1.165, 1.54) is 17.7 Å². The molecule has 0 N–H and O–H groups in total. The van der Waals surface area contributed by atoms with Gasteiger partial charge in [-0.15, -0.1) is 0 Å². The second kappa shape index (κ2) is 8.40. The van der Waals surface area contributed by atoms with Crippen molar-refractivity contribution in [3.63, 3.8) is 0 Å². The zero-order valence-electron chi connectivity index (χ0n) is 12.7. The van der Waals surface area contributed by atoms with Gasteiger partial charge in [0.2, 0.25) is 12.2 Å². The lowest BCUT2D eigenvalue weighted by Gasteiger charge is -2.06. The molecule has 0 aliphatic rings. The number of aliphatic imine (C=N–C) groups is 2. The number of carbonyl (C=O) groups excluding carboxylic acids is 2. The summed E-state index contributed by atoms with van der Waals surface area (Å²) >= 11 is 0. The van der Waals surface area contributed by atoms with Gasteiger partial charge < -0.3 is 0 Å². The lowest BCUT2D eigenvalue weighted by atomic mass is 9.99. The Morgan fingerprint density at radius 2 is 1.39 bits per heavy atom. The zero-order chi connectivity index (χ0) is 16.5. The predicted octanol–water partition coefficient (Wildman–Crippen LogP) is 4.66. The van der Waals surface area contributed by atoms with Crippen LogP contribution in [-0.2, 0) is 16.0 Å². The van der Waals surface area contributed by atoms with E-state index < -0.39 is 0 Å². The van der Waals surface area contributed by atoms with Crippen LogP contribution in [0.25, 0.3) is 5.57 Å². The molecule has 0 fully saturated rings. The summed E-state index contributed by atoms with van der Waals surface area (Å²) in [7, 11) is 0. The van der Waals surface area contributed by atoms with Gasteiger partial charge in [0.15, 0.2) is 0 Å². The molecule has 2 rings (SSSR count). The van der Waals surface area contributed by atoms with E-state index in [1.807, 2.05) is 24.3 Å². The van der Waals surface area contributed by atoms with Gasteiger partial charge in [-0.05, 0) is 60.2 Å². The molecule has 0 aliphatic carbocycles. The van der Waals surface area contributed by atoms with Crippen LogP contribution >= 0.6 is 0 Å². The average molecular weight is 304 g/mol. The second-order valence-corrected chi connectivity index (χ2v) is 5.08. The van der Waals surface area contributed by atoms with Gasteiger partial charge in [-0.2, -0.15) is 9.98 Å². The first-order valence-electron chi connectivity index (χ1n) is 7.26. The monoisotopic (exact) mass is 304 g/mol. The second-order valence-electron chi connectivity index (χ2n) is 5.08. The van der Waals surface area contributed by atoms with E-state index in [9.17, 15) is 9.59 Å². The zero-order valence-corrected chi connectivity index (χ0v) is 12.7. The van der Waals surface area contributed by atoms with Crippen LogP contribution in [0.5, 0.6) is 0 Å². The van der Waals surface area contributed by atoms with Crippen molar-refractivity contribution >= 4 is 29.1 Å². The first kappa shape index (κ1) is 16.3. The van der Waals surface area contributed by atoms with E-state index >= 15 is 0 Å². The summed E-state index contributed by atoms with van der Waals surface area (Å²) in [5.74, 6) is 0. The SMILES string of the molecule is C=C(CCCc1ccc(N=C=O)cc1)c1ccc(N=C=O)cc1. The third-order valence-corrected chi connectivity index (χ3v) is 3.51. The largest absolute Gasteiger partial charge is 0.240 e. The van der Waals surface area contributed by atoms with Crippen LogP contribution in [0.3, 0.4) is 0 Å². The van der Waals surface area contributed by atoms with Gasteiger partial charge in [0.05, 0.1) is 11.4 Å². The molecule has 0 aliphatic heterocycles. The molecule has 0 saturated carbocycles. The molecule has 2 aromatic carbocycles. The highest BCUT2D eigenvalue weighted by Crippen LogP contribution is 2.22. The standard InChI is InChI=1S/C19H16N2O2/c1-15(17-7-11-19(12-8-17)21-14-23)3-2-4-16-5-9-18(10-6-16)20-13-22/h5-12H,1-4H2. The highest BCUT2D eigenvalue weighted by Gasteiger charge is 2.01. The number of isocyanates is 2. The molecular formula is C19H16N2O2. The van der Waals surface area contributed by atoms with E-state index in [-0.39, 0.29) is 0 Å². The molecule has 0 unspecified atom stereocenters. The molecule has 23 heavy (non-hydrogen) atoms. The molecule has 0 atom stereocenters. The summed E-state index contributed by atoms with van der Waals surface area (Å²) in [4.78, 5) is 27.5. The normalized spacial score (nSPS) is 9.57. The van der Waals surface area contributed by atoms with Gasteiger partial charge in [-0.1, -0.05) is 30.8 Å². The topological polar surface area (TPSA) is 58.9 Å². The number of rotatable bonds is 7. The van der Waals surface area contributed by atoms with Crippen molar-refractivity contribution in [3.05, 3.63) is 66.2 Å². The minimum atomic E-state index is 0.592. The Kier molecular flexibility index (Phi) is 5.96. The van der Waals surface area contributed by atoms with Gasteiger partial charge in [-0.25, -0.2) is 9.59 Å². The quantitative estimate of drug-likeness (QED) is 0.552. The molecule has 0 amide bonds. The van der Waals surface area contributed by atoms with E-state index in [2.05, 4.69) is 16.6 Å². The highest BCUT2D eigenvalue weighted by atomic mass is 16.1. The summed E-state index contributed by atoms with van der Waals surface area (Å²) in [5.41, 5.74) is 4.50. The van der Waals surface area contributed by atoms with E-state index in [0.29, 0.717) is 11.4 Å². The van der Waals surface area contributed by atoms with E-state index in [1.54, 1.807) is 24.3 Å². The third-order valence-electron chi connectivity index (χ3n) is 3.51. The van der Waals surface area contributed by atoms with Crippen LogP contribution in [0.1, 0.15) is 24.0 Å². The summed E-state index contributed by atoms with van der Waals surface area (Å²) in [6, 6.07) is 14.9. The molecule has 0 heterocycles. The van der Waals surface area contributed by atoms with Crippen LogP contribution in [0, 0.1) is 0 Å². The maximum atomic E-state index is 10.2. The van der Waals surface area contributed by atoms with Crippen LogP contribution in [-0.4, -0.2) is 12.2 Å². The Bertz CT molecular complexity index is 764. The Morgan fingerprint density at radius 3 is 1.91 bits per heavy atom. The van der Waals surface area contributed by atoms with E-state index in [4.69, 9.17) is 0 Å². The average Bonchev–Trinajstić information content (AvgIpc) is 2.57. The fourth-order valence-corrected chi connectivity index (χ4v) is 2.26. The summed E-state index contributed by atoms with van der Waals surface area (Å²) in [6.07, 6.45) is 5.83. The van der Waals surface area contributed by atoms with Crippen LogP contribution < -0.4 is 0 Å². The number of allylic oxidation sites excluding steroid dienone is 1. The molecule has 2 aromatic rings. The Balaban J connectivity index is 1.86. The number of aryl methyl sites for hydroxylation is 1. The predicted molar refractivity (Wildman–Crippen MR) is 90.4 cm³/mol. The molecule has 114 valence electrons. The van der Waals surface area contributed by atoms with Gasteiger partial charge in [-0.3, -0.25) is 0 Å². The van der Waals surface area contributed by atoms with Crippen molar-refractivity contribution in [2.75, 3.05) is 0 Å². The fourth-order valence-electron chi connectivity index (χ4n) is 2.26. The maximum Gasteiger partial charge on any atom is 0.240 e. The van der Waals surface area contributed by atoms with Gasteiger partial charge in [0.25, 0.3) is 0 Å².